The van der Waals surface area contributed by atoms with Crippen LogP contribution in [0.3, 0.4) is 0 Å². The van der Waals surface area contributed by atoms with Gasteiger partial charge in [-0.3, -0.25) is 0 Å². The number of hydrogen-bond acceptors (Lipinski definition) is 5. The predicted octanol–water partition coefficient (Wildman–Crippen LogP) is 5.81. The fourth-order valence-corrected chi connectivity index (χ4v) is 4.63. The highest BCUT2D eigenvalue weighted by molar-refractivity contribution is 9.10. The molecule has 166 valence electrons. The molecule has 0 aliphatic carbocycles. The molecule has 0 amide bonds. The molecule has 6 nitrogen and oxygen atoms in total. The summed E-state index contributed by atoms with van der Waals surface area (Å²) in [6.45, 7) is 1.27. The number of carboxylic acid groups (broad SMARTS) is 1. The fourth-order valence-electron chi connectivity index (χ4n) is 3.62. The van der Waals surface area contributed by atoms with E-state index in [4.69, 9.17) is 19.3 Å². The number of esters is 1. The maximum Gasteiger partial charge on any atom is 0.341 e. The Hall–Kier alpha value is -2.06. The highest BCUT2D eigenvalue weighted by atomic mass is 79.9. The number of ether oxygens (including phenoxy) is 3. The third kappa shape index (κ3) is 6.01. The Bertz CT molecular complexity index is 973. The Labute approximate surface area is 198 Å². The zero-order valence-corrected chi connectivity index (χ0v) is 20.4. The summed E-state index contributed by atoms with van der Waals surface area (Å²) in [6.07, 6.45) is 5.96. The second-order valence-corrected chi connectivity index (χ2v) is 9.12. The van der Waals surface area contributed by atoms with Gasteiger partial charge in [-0.05, 0) is 73.9 Å². The van der Waals surface area contributed by atoms with Crippen LogP contribution in [0, 0.1) is 0 Å². The summed E-state index contributed by atoms with van der Waals surface area (Å²) >= 11 is 6.72. The molecule has 0 unspecified atom stereocenters. The molecule has 0 spiro atoms. The summed E-state index contributed by atoms with van der Waals surface area (Å²) in [7, 11) is 1.38. The summed E-state index contributed by atoms with van der Waals surface area (Å²) in [4.78, 5) is 22.7. The van der Waals surface area contributed by atoms with Crippen molar-refractivity contribution in [1.29, 1.82) is 0 Å². The number of hydrogen-bond donors (Lipinski definition) is 1. The van der Waals surface area contributed by atoms with E-state index in [2.05, 4.69) is 31.9 Å². The maximum atomic E-state index is 11.6. The van der Waals surface area contributed by atoms with Crippen LogP contribution in [-0.4, -0.2) is 37.4 Å². The van der Waals surface area contributed by atoms with Gasteiger partial charge in [0.05, 0.1) is 20.3 Å². The number of carbonyl (C=O) groups is 2. The topological polar surface area (TPSA) is 82.1 Å². The fraction of sp³-hybridized carbons (Fsp3) is 0.391. The first-order valence-electron chi connectivity index (χ1n) is 10.1. The van der Waals surface area contributed by atoms with Crippen molar-refractivity contribution in [2.24, 2.45) is 0 Å². The Morgan fingerprint density at radius 1 is 0.839 bits per heavy atom. The van der Waals surface area contributed by atoms with Crippen LogP contribution in [0.15, 0.2) is 33.2 Å². The van der Waals surface area contributed by atoms with Crippen molar-refractivity contribution >= 4 is 43.8 Å². The standard InChI is InChI=1S/C12H13BrO3.C11H11BrO3/c1-15-12(14)10-7-9(13)6-8-4-2-3-5-16-11(8)10;12-8-5-7-3-1-2-4-15-10(7)9(6-8)11(13)14/h6-7H,2-5H2,1H3;5-6H,1-4H2,(H,13,14). The van der Waals surface area contributed by atoms with Gasteiger partial charge >= 0.3 is 11.9 Å². The van der Waals surface area contributed by atoms with Gasteiger partial charge in [0.25, 0.3) is 0 Å². The largest absolute Gasteiger partial charge is 0.492 e. The van der Waals surface area contributed by atoms with Gasteiger partial charge in [0.2, 0.25) is 0 Å². The van der Waals surface area contributed by atoms with Gasteiger partial charge in [-0.1, -0.05) is 31.9 Å². The molecule has 0 atom stereocenters. The van der Waals surface area contributed by atoms with Crippen molar-refractivity contribution in [2.45, 2.75) is 38.5 Å². The molecule has 2 aromatic carbocycles. The highest BCUT2D eigenvalue weighted by Gasteiger charge is 2.20. The monoisotopic (exact) mass is 554 g/mol. The molecule has 0 saturated heterocycles. The zero-order valence-electron chi connectivity index (χ0n) is 17.2. The second kappa shape index (κ2) is 11.0. The lowest BCUT2D eigenvalue weighted by molar-refractivity contribution is 0.0595. The zero-order chi connectivity index (χ0) is 22.4. The van der Waals surface area contributed by atoms with E-state index < -0.39 is 5.97 Å². The smallest absolute Gasteiger partial charge is 0.341 e. The van der Waals surface area contributed by atoms with Gasteiger partial charge in [0.15, 0.2) is 0 Å². The van der Waals surface area contributed by atoms with Crippen LogP contribution in [0.25, 0.3) is 0 Å². The number of benzene rings is 2. The number of carbonyl (C=O) groups excluding carboxylic acids is 1. The van der Waals surface area contributed by atoms with E-state index in [-0.39, 0.29) is 11.5 Å². The lowest BCUT2D eigenvalue weighted by Crippen LogP contribution is -2.07. The average Bonchev–Trinajstić information content (AvgIpc) is 3.12. The van der Waals surface area contributed by atoms with E-state index in [1.165, 1.54) is 7.11 Å². The van der Waals surface area contributed by atoms with E-state index in [0.29, 0.717) is 30.3 Å². The Morgan fingerprint density at radius 3 is 1.81 bits per heavy atom. The quantitative estimate of drug-likeness (QED) is 0.471. The minimum Gasteiger partial charge on any atom is -0.492 e. The van der Waals surface area contributed by atoms with E-state index in [1.807, 2.05) is 12.1 Å². The molecule has 0 aromatic heterocycles. The number of fused-ring (bicyclic) bond motifs is 2. The number of rotatable bonds is 2. The summed E-state index contributed by atoms with van der Waals surface area (Å²) in [6, 6.07) is 7.28. The first-order chi connectivity index (χ1) is 14.9. The van der Waals surface area contributed by atoms with Gasteiger partial charge in [0.1, 0.15) is 22.6 Å². The normalized spacial score (nSPS) is 14.8. The van der Waals surface area contributed by atoms with Crippen molar-refractivity contribution < 1.29 is 28.9 Å². The molecule has 31 heavy (non-hydrogen) atoms. The molecule has 2 heterocycles. The van der Waals surface area contributed by atoms with Crippen LogP contribution in [-0.2, 0) is 17.6 Å². The molecule has 2 aromatic rings. The molecule has 0 saturated carbocycles. The van der Waals surface area contributed by atoms with Crippen molar-refractivity contribution in [2.75, 3.05) is 20.3 Å². The SMILES string of the molecule is COC(=O)c1cc(Br)cc2c1OCCCC2.O=C(O)c1cc(Br)cc2c1OCCCC2. The van der Waals surface area contributed by atoms with Crippen LogP contribution >= 0.6 is 31.9 Å². The summed E-state index contributed by atoms with van der Waals surface area (Å²) < 4.78 is 17.6. The summed E-state index contributed by atoms with van der Waals surface area (Å²) in [5, 5.41) is 9.06. The van der Waals surface area contributed by atoms with Crippen LogP contribution in [0.2, 0.25) is 0 Å². The minimum absolute atomic E-state index is 0.251. The van der Waals surface area contributed by atoms with Gasteiger partial charge in [-0.15, -0.1) is 0 Å². The molecule has 0 radical (unpaired) electrons. The highest BCUT2D eigenvalue weighted by Crippen LogP contribution is 2.33. The Kier molecular flexibility index (Phi) is 8.37. The molecule has 0 fully saturated rings. The Balaban J connectivity index is 0.000000176. The number of halogens is 2. The second-order valence-electron chi connectivity index (χ2n) is 7.29. The van der Waals surface area contributed by atoms with Crippen molar-refractivity contribution in [1.82, 2.24) is 0 Å². The van der Waals surface area contributed by atoms with Gasteiger partial charge in [-0.2, -0.15) is 0 Å². The predicted molar refractivity (Wildman–Crippen MR) is 123 cm³/mol. The van der Waals surface area contributed by atoms with Crippen LogP contribution in [0.1, 0.15) is 57.5 Å². The maximum absolute atomic E-state index is 11.6. The van der Waals surface area contributed by atoms with Gasteiger partial charge in [-0.25, -0.2) is 9.59 Å². The molecule has 1 N–H and O–H groups in total. The lowest BCUT2D eigenvalue weighted by Gasteiger charge is -2.12. The number of methoxy groups -OCH3 is 1. The molecule has 4 rings (SSSR count). The molecular formula is C23H24Br2O6. The van der Waals surface area contributed by atoms with Crippen LogP contribution < -0.4 is 9.47 Å². The first-order valence-corrected chi connectivity index (χ1v) is 11.7. The van der Waals surface area contributed by atoms with E-state index in [0.717, 1.165) is 58.6 Å². The molecular weight excluding hydrogens is 532 g/mol. The van der Waals surface area contributed by atoms with Crippen molar-refractivity contribution in [3.63, 3.8) is 0 Å². The average molecular weight is 556 g/mol. The summed E-state index contributed by atoms with van der Waals surface area (Å²) in [5.41, 5.74) is 2.82. The molecule has 2 aliphatic rings. The minimum atomic E-state index is -0.936. The van der Waals surface area contributed by atoms with Gasteiger partial charge < -0.3 is 19.3 Å². The molecule has 2 aliphatic heterocycles. The molecule has 8 heteroatoms. The van der Waals surface area contributed by atoms with Crippen molar-refractivity contribution in [3.05, 3.63) is 55.5 Å². The van der Waals surface area contributed by atoms with E-state index >= 15 is 0 Å². The van der Waals surface area contributed by atoms with Crippen LogP contribution in [0.5, 0.6) is 11.5 Å². The summed E-state index contributed by atoms with van der Waals surface area (Å²) in [5.74, 6) is -0.0512. The Morgan fingerprint density at radius 2 is 1.32 bits per heavy atom. The van der Waals surface area contributed by atoms with Crippen molar-refractivity contribution in [3.8, 4) is 11.5 Å². The number of aromatic carboxylic acids is 1. The third-order valence-electron chi connectivity index (χ3n) is 5.07. The number of carboxylic acids is 1. The lowest BCUT2D eigenvalue weighted by atomic mass is 10.0. The van der Waals surface area contributed by atoms with Crippen LogP contribution in [0.4, 0.5) is 0 Å². The van der Waals surface area contributed by atoms with E-state index in [9.17, 15) is 9.59 Å². The number of aryl methyl sites for hydroxylation is 2. The molecule has 0 bridgehead atoms. The van der Waals surface area contributed by atoms with Gasteiger partial charge in [0, 0.05) is 8.95 Å². The third-order valence-corrected chi connectivity index (χ3v) is 5.99. The first kappa shape index (κ1) is 23.6. The van der Waals surface area contributed by atoms with E-state index in [1.54, 1.807) is 12.1 Å².